The molecule has 0 amide bonds. The molecule has 31 heavy (non-hydrogen) atoms. The summed E-state index contributed by atoms with van der Waals surface area (Å²) in [5, 5.41) is 7.90. The number of para-hydroxylation sites is 1. The van der Waals surface area contributed by atoms with Crippen LogP contribution in [0.5, 0.6) is 5.75 Å². The highest BCUT2D eigenvalue weighted by Gasteiger charge is 2.42. The summed E-state index contributed by atoms with van der Waals surface area (Å²) in [6.45, 7) is 1.57. The van der Waals surface area contributed by atoms with E-state index in [1.807, 2.05) is 59.7 Å². The molecule has 0 spiro atoms. The summed E-state index contributed by atoms with van der Waals surface area (Å²) in [4.78, 5) is 12.3. The molecule has 6 rings (SSSR count). The number of halogens is 1. The molecule has 2 aromatic heterocycles. The third kappa shape index (κ3) is 2.84. The molecular weight excluding hydrogens is 458 g/mol. The summed E-state index contributed by atoms with van der Waals surface area (Å²) in [5.74, 6) is 1.54. The van der Waals surface area contributed by atoms with Gasteiger partial charge in [0.2, 0.25) is 12.1 Å². The van der Waals surface area contributed by atoms with Crippen LogP contribution < -0.4 is 4.74 Å². The van der Waals surface area contributed by atoms with Crippen LogP contribution in [0.2, 0.25) is 0 Å². The van der Waals surface area contributed by atoms with Gasteiger partial charge in [0.05, 0.1) is 17.8 Å². The van der Waals surface area contributed by atoms with Gasteiger partial charge in [-0.1, -0.05) is 34.1 Å². The maximum absolute atomic E-state index is 12.3. The Hall–Kier alpha value is -3.32. The molecule has 2 aliphatic heterocycles. The van der Waals surface area contributed by atoms with Crippen LogP contribution >= 0.6 is 15.9 Å². The lowest BCUT2D eigenvalue weighted by atomic mass is 9.97. The average molecular weight is 476 g/mol. The van der Waals surface area contributed by atoms with Crippen molar-refractivity contribution in [2.24, 2.45) is 5.10 Å². The molecule has 7 heteroatoms. The van der Waals surface area contributed by atoms with Crippen molar-refractivity contribution < 1.29 is 13.9 Å². The van der Waals surface area contributed by atoms with E-state index in [9.17, 15) is 4.79 Å². The fraction of sp³-hybridized carbons (Fsp3) is 0.167. The number of fused-ring (bicyclic) bond motifs is 4. The van der Waals surface area contributed by atoms with Crippen molar-refractivity contribution in [2.45, 2.75) is 25.6 Å². The minimum Gasteiger partial charge on any atom is -0.464 e. The van der Waals surface area contributed by atoms with Gasteiger partial charge in [-0.15, -0.1) is 0 Å². The Morgan fingerprint density at radius 2 is 2.00 bits per heavy atom. The van der Waals surface area contributed by atoms with Gasteiger partial charge in [-0.25, -0.2) is 5.01 Å². The van der Waals surface area contributed by atoms with Crippen molar-refractivity contribution in [3.05, 3.63) is 88.4 Å². The van der Waals surface area contributed by atoms with Crippen LogP contribution in [0.15, 0.2) is 81.0 Å². The summed E-state index contributed by atoms with van der Waals surface area (Å²) in [5.41, 5.74) is 3.73. The highest BCUT2D eigenvalue weighted by atomic mass is 79.9. The Labute approximate surface area is 186 Å². The molecule has 2 aromatic carbocycles. The molecule has 2 aliphatic rings. The summed E-state index contributed by atoms with van der Waals surface area (Å²) in [6.07, 6.45) is 3.78. The van der Waals surface area contributed by atoms with Crippen LogP contribution in [-0.2, 0) is 0 Å². The van der Waals surface area contributed by atoms with Crippen molar-refractivity contribution in [3.8, 4) is 5.75 Å². The van der Waals surface area contributed by atoms with E-state index in [1.165, 1.54) is 0 Å². The van der Waals surface area contributed by atoms with Gasteiger partial charge >= 0.3 is 0 Å². The largest absolute Gasteiger partial charge is 0.464 e. The van der Waals surface area contributed by atoms with Gasteiger partial charge in [0.1, 0.15) is 17.2 Å². The lowest BCUT2D eigenvalue weighted by Gasteiger charge is -2.38. The van der Waals surface area contributed by atoms with Gasteiger partial charge in [0.15, 0.2) is 0 Å². The molecule has 0 saturated heterocycles. The van der Waals surface area contributed by atoms with E-state index < -0.39 is 6.23 Å². The molecule has 0 N–H and O–H groups in total. The van der Waals surface area contributed by atoms with Crippen molar-refractivity contribution in [1.82, 2.24) is 9.58 Å². The smallest absolute Gasteiger partial charge is 0.227 e. The number of rotatable bonds is 2. The summed E-state index contributed by atoms with van der Waals surface area (Å²) in [7, 11) is 0. The standard InChI is InChI=1S/C24H18BrN3O3/c1-14(29)27-13-18(16-5-2-3-6-20(16)27)24-28-21(12-19(26-28)23-7-4-10-30-23)17-11-15(25)8-9-22(17)31-24/h2-11,13,21,24H,12H2,1H3/t21-,24-/m1/s1. The van der Waals surface area contributed by atoms with Crippen LogP contribution in [0.4, 0.5) is 0 Å². The van der Waals surface area contributed by atoms with E-state index >= 15 is 0 Å². The van der Waals surface area contributed by atoms with Crippen LogP contribution in [0.3, 0.4) is 0 Å². The molecule has 4 aromatic rings. The number of furan rings is 1. The van der Waals surface area contributed by atoms with Gasteiger partial charge in [-0.05, 0) is 36.4 Å². The second-order valence-electron chi connectivity index (χ2n) is 7.77. The molecule has 0 saturated carbocycles. The molecule has 4 heterocycles. The van der Waals surface area contributed by atoms with Crippen LogP contribution in [0.1, 0.15) is 47.3 Å². The van der Waals surface area contributed by atoms with Crippen LogP contribution in [0, 0.1) is 0 Å². The van der Waals surface area contributed by atoms with Crippen molar-refractivity contribution in [1.29, 1.82) is 0 Å². The molecule has 0 bridgehead atoms. The summed E-state index contributed by atoms with van der Waals surface area (Å²) < 4.78 is 14.8. The molecule has 154 valence electrons. The quantitative estimate of drug-likeness (QED) is 0.362. The van der Waals surface area contributed by atoms with E-state index in [1.54, 1.807) is 17.8 Å². The fourth-order valence-corrected chi connectivity index (χ4v) is 4.90. The molecular formula is C24H18BrN3O3. The second-order valence-corrected chi connectivity index (χ2v) is 8.68. The third-order valence-electron chi connectivity index (χ3n) is 5.91. The number of aromatic nitrogens is 1. The maximum atomic E-state index is 12.3. The molecule has 0 fully saturated rings. The van der Waals surface area contributed by atoms with E-state index in [4.69, 9.17) is 14.3 Å². The van der Waals surface area contributed by atoms with Gasteiger partial charge in [-0.2, -0.15) is 5.10 Å². The summed E-state index contributed by atoms with van der Waals surface area (Å²) >= 11 is 3.58. The monoisotopic (exact) mass is 475 g/mol. The number of hydrogen-bond donors (Lipinski definition) is 0. The predicted molar refractivity (Wildman–Crippen MR) is 120 cm³/mol. The first kappa shape index (κ1) is 18.4. The van der Waals surface area contributed by atoms with Crippen molar-refractivity contribution in [2.75, 3.05) is 0 Å². The fourth-order valence-electron chi connectivity index (χ4n) is 4.52. The zero-order valence-corrected chi connectivity index (χ0v) is 18.2. The number of hydrogen-bond acceptors (Lipinski definition) is 5. The first-order chi connectivity index (χ1) is 15.1. The minimum absolute atomic E-state index is 0.00536. The Bertz CT molecular complexity index is 1360. The molecule has 6 nitrogen and oxygen atoms in total. The Kier molecular flexibility index (Phi) is 4.08. The number of carbonyl (C=O) groups is 1. The van der Waals surface area contributed by atoms with Gasteiger partial charge in [0.25, 0.3) is 0 Å². The molecule has 0 radical (unpaired) electrons. The second kappa shape index (κ2) is 6.85. The van der Waals surface area contributed by atoms with Gasteiger partial charge in [-0.3, -0.25) is 9.36 Å². The highest BCUT2D eigenvalue weighted by Crippen LogP contribution is 2.49. The Balaban J connectivity index is 1.54. The number of hydrazone groups is 1. The van der Waals surface area contributed by atoms with E-state index in [-0.39, 0.29) is 11.9 Å². The highest BCUT2D eigenvalue weighted by molar-refractivity contribution is 9.10. The molecule has 2 atom stereocenters. The normalized spacial score (nSPS) is 19.7. The maximum Gasteiger partial charge on any atom is 0.227 e. The topological polar surface area (TPSA) is 60.0 Å². The summed E-state index contributed by atoms with van der Waals surface area (Å²) in [6, 6.07) is 17.7. The van der Waals surface area contributed by atoms with Gasteiger partial charge < -0.3 is 9.15 Å². The van der Waals surface area contributed by atoms with E-state index in [0.29, 0.717) is 6.42 Å². The Morgan fingerprint density at radius 3 is 2.81 bits per heavy atom. The predicted octanol–water partition coefficient (Wildman–Crippen LogP) is 5.90. The molecule has 0 aliphatic carbocycles. The van der Waals surface area contributed by atoms with Crippen molar-refractivity contribution >= 4 is 38.5 Å². The first-order valence-electron chi connectivity index (χ1n) is 10.1. The number of ether oxygens (including phenoxy) is 1. The van der Waals surface area contributed by atoms with Crippen LogP contribution in [0.25, 0.3) is 10.9 Å². The lowest BCUT2D eigenvalue weighted by Crippen LogP contribution is -2.33. The zero-order chi connectivity index (χ0) is 21.1. The van der Waals surface area contributed by atoms with E-state index in [0.717, 1.165) is 43.7 Å². The number of carbonyl (C=O) groups excluding carboxylic acids is 1. The third-order valence-corrected chi connectivity index (χ3v) is 6.40. The van der Waals surface area contributed by atoms with E-state index in [2.05, 4.69) is 22.0 Å². The Morgan fingerprint density at radius 1 is 1.13 bits per heavy atom. The van der Waals surface area contributed by atoms with Crippen molar-refractivity contribution in [3.63, 3.8) is 0 Å². The number of nitrogens with zero attached hydrogens (tertiary/aromatic N) is 3. The average Bonchev–Trinajstić information content (AvgIpc) is 3.50. The lowest BCUT2D eigenvalue weighted by molar-refractivity contribution is -0.0181. The van der Waals surface area contributed by atoms with Crippen LogP contribution in [-0.4, -0.2) is 21.2 Å². The minimum atomic E-state index is -0.461. The molecule has 0 unspecified atom stereocenters. The zero-order valence-electron chi connectivity index (χ0n) is 16.7. The first-order valence-corrected chi connectivity index (χ1v) is 10.9. The van der Waals surface area contributed by atoms with Gasteiger partial charge in [0, 0.05) is 40.5 Å². The number of benzene rings is 2. The SMILES string of the molecule is CC(=O)n1cc([C@H]2Oc3ccc(Br)cc3[C@H]3CC(c4ccco4)=NN32)c2ccccc21.